The molecule has 3 N–H and O–H groups in total. The Labute approximate surface area is 140 Å². The zero-order valence-corrected chi connectivity index (χ0v) is 14.0. The van der Waals surface area contributed by atoms with Crippen molar-refractivity contribution in [3.8, 4) is 0 Å². The van der Waals surface area contributed by atoms with E-state index in [1.165, 1.54) is 17.5 Å². The predicted octanol–water partition coefficient (Wildman–Crippen LogP) is 1.13. The van der Waals surface area contributed by atoms with Crippen LogP contribution in [-0.2, 0) is 9.53 Å². The molecule has 2 aromatic rings. The smallest absolute Gasteiger partial charge is 0.343 e. The lowest BCUT2D eigenvalue weighted by molar-refractivity contribution is -0.113. The number of carbonyl (C=O) groups excluding carboxylic acids is 2. The Morgan fingerprint density at radius 1 is 1.43 bits per heavy atom. The Bertz CT molecular complexity index is 721. The number of ether oxygens (including phenoxy) is 1. The van der Waals surface area contributed by atoms with Crippen molar-refractivity contribution in [2.75, 3.05) is 23.4 Å². The second kappa shape index (κ2) is 7.83. The van der Waals surface area contributed by atoms with Crippen LogP contribution in [0, 0.1) is 6.92 Å². The summed E-state index contributed by atoms with van der Waals surface area (Å²) in [5.41, 5.74) is 5.80. The molecule has 0 spiro atoms. The minimum atomic E-state index is -0.578. The number of hydrogen-bond acceptors (Lipinski definition) is 10. The molecule has 11 heteroatoms. The van der Waals surface area contributed by atoms with Crippen molar-refractivity contribution in [2.45, 2.75) is 19.0 Å². The molecule has 2 rings (SSSR count). The fourth-order valence-corrected chi connectivity index (χ4v) is 2.68. The van der Waals surface area contributed by atoms with Gasteiger partial charge in [-0.25, -0.2) is 14.8 Å². The Balaban J connectivity index is 1.91. The number of hydrogen-bond donors (Lipinski definition) is 2. The van der Waals surface area contributed by atoms with E-state index >= 15 is 0 Å². The molecule has 0 saturated carbocycles. The SMILES string of the molecule is CCOC(=O)c1cnc(SCC(=O)Nc2nnc(C)s2)nc1N. The van der Waals surface area contributed by atoms with Crippen molar-refractivity contribution < 1.29 is 14.3 Å². The zero-order valence-electron chi connectivity index (χ0n) is 12.4. The third-order valence-electron chi connectivity index (χ3n) is 2.40. The van der Waals surface area contributed by atoms with Crippen LogP contribution in [0.3, 0.4) is 0 Å². The highest BCUT2D eigenvalue weighted by molar-refractivity contribution is 7.99. The van der Waals surface area contributed by atoms with Crippen molar-refractivity contribution in [1.82, 2.24) is 20.2 Å². The first-order valence-corrected chi connectivity index (χ1v) is 8.32. The average molecular weight is 354 g/mol. The van der Waals surface area contributed by atoms with Gasteiger partial charge in [0, 0.05) is 6.20 Å². The Hall–Kier alpha value is -2.27. The number of rotatable bonds is 6. The molecule has 0 atom stereocenters. The molecule has 0 aliphatic heterocycles. The lowest BCUT2D eigenvalue weighted by Crippen LogP contribution is -2.15. The topological polar surface area (TPSA) is 133 Å². The van der Waals surface area contributed by atoms with Gasteiger partial charge in [-0.05, 0) is 13.8 Å². The van der Waals surface area contributed by atoms with Crippen LogP contribution in [0.15, 0.2) is 11.4 Å². The van der Waals surface area contributed by atoms with Crippen molar-refractivity contribution in [1.29, 1.82) is 0 Å². The quantitative estimate of drug-likeness (QED) is 0.445. The van der Waals surface area contributed by atoms with Gasteiger partial charge in [0.2, 0.25) is 11.0 Å². The van der Waals surface area contributed by atoms with Gasteiger partial charge in [-0.2, -0.15) is 0 Å². The molecular weight excluding hydrogens is 340 g/mol. The maximum absolute atomic E-state index is 11.8. The largest absolute Gasteiger partial charge is 0.462 e. The molecule has 2 aromatic heterocycles. The average Bonchev–Trinajstić information content (AvgIpc) is 2.90. The Morgan fingerprint density at radius 3 is 2.83 bits per heavy atom. The number of nitrogens with zero attached hydrogens (tertiary/aromatic N) is 4. The minimum Gasteiger partial charge on any atom is -0.462 e. The van der Waals surface area contributed by atoms with Crippen LogP contribution in [-0.4, -0.2) is 44.4 Å². The molecule has 2 heterocycles. The lowest BCUT2D eigenvalue weighted by atomic mass is 10.3. The molecule has 0 aliphatic carbocycles. The third kappa shape index (κ3) is 4.86. The molecule has 0 unspecified atom stereocenters. The summed E-state index contributed by atoms with van der Waals surface area (Å²) in [6, 6.07) is 0. The number of carbonyl (C=O) groups is 2. The summed E-state index contributed by atoms with van der Waals surface area (Å²) in [4.78, 5) is 31.3. The molecule has 0 fully saturated rings. The number of aromatic nitrogens is 4. The minimum absolute atomic E-state index is 0.0149. The van der Waals surface area contributed by atoms with E-state index in [4.69, 9.17) is 10.5 Å². The van der Waals surface area contributed by atoms with Crippen molar-refractivity contribution in [3.05, 3.63) is 16.8 Å². The van der Waals surface area contributed by atoms with Crippen LogP contribution in [0.5, 0.6) is 0 Å². The van der Waals surface area contributed by atoms with E-state index in [1.807, 2.05) is 0 Å². The first-order valence-electron chi connectivity index (χ1n) is 6.52. The van der Waals surface area contributed by atoms with E-state index in [0.29, 0.717) is 10.3 Å². The summed E-state index contributed by atoms with van der Waals surface area (Å²) in [6.45, 7) is 3.72. The number of aryl methyl sites for hydroxylation is 1. The Kier molecular flexibility index (Phi) is 5.82. The fraction of sp³-hybridized carbons (Fsp3) is 0.333. The molecular formula is C12H14N6O3S2. The molecule has 0 radical (unpaired) electrons. The maximum atomic E-state index is 11.8. The third-order valence-corrected chi connectivity index (χ3v) is 4.01. The van der Waals surface area contributed by atoms with Gasteiger partial charge in [-0.15, -0.1) is 10.2 Å². The van der Waals surface area contributed by atoms with Gasteiger partial charge >= 0.3 is 5.97 Å². The van der Waals surface area contributed by atoms with E-state index in [0.717, 1.165) is 16.8 Å². The van der Waals surface area contributed by atoms with Crippen LogP contribution in [0.2, 0.25) is 0 Å². The van der Waals surface area contributed by atoms with Gasteiger partial charge < -0.3 is 10.5 Å². The van der Waals surface area contributed by atoms with Gasteiger partial charge in [0.15, 0.2) is 5.16 Å². The molecule has 23 heavy (non-hydrogen) atoms. The van der Waals surface area contributed by atoms with Gasteiger partial charge in [0.1, 0.15) is 16.4 Å². The summed E-state index contributed by atoms with van der Waals surface area (Å²) in [6.07, 6.45) is 1.29. The lowest BCUT2D eigenvalue weighted by Gasteiger charge is -2.05. The molecule has 122 valence electrons. The van der Waals surface area contributed by atoms with Gasteiger partial charge in [-0.3, -0.25) is 10.1 Å². The van der Waals surface area contributed by atoms with Gasteiger partial charge in [-0.1, -0.05) is 23.1 Å². The van der Waals surface area contributed by atoms with Gasteiger partial charge in [0.25, 0.3) is 0 Å². The van der Waals surface area contributed by atoms with Crippen LogP contribution in [0.25, 0.3) is 0 Å². The van der Waals surface area contributed by atoms with Crippen LogP contribution >= 0.6 is 23.1 Å². The van der Waals surface area contributed by atoms with E-state index in [2.05, 4.69) is 25.5 Å². The predicted molar refractivity (Wildman–Crippen MR) is 86.4 cm³/mol. The van der Waals surface area contributed by atoms with Crippen LogP contribution in [0.4, 0.5) is 10.9 Å². The number of nitrogens with one attached hydrogen (secondary N) is 1. The molecule has 0 aromatic carbocycles. The highest BCUT2D eigenvalue weighted by Gasteiger charge is 2.14. The summed E-state index contributed by atoms with van der Waals surface area (Å²) in [7, 11) is 0. The monoisotopic (exact) mass is 354 g/mol. The van der Waals surface area contributed by atoms with Crippen molar-refractivity contribution in [2.24, 2.45) is 0 Å². The number of anilines is 2. The summed E-state index contributed by atoms with van der Waals surface area (Å²) in [5, 5.41) is 11.7. The number of thioether (sulfide) groups is 1. The molecule has 0 aliphatic rings. The first-order chi connectivity index (χ1) is 11.0. The van der Waals surface area contributed by atoms with Crippen molar-refractivity contribution >= 4 is 45.9 Å². The summed E-state index contributed by atoms with van der Waals surface area (Å²) in [5.74, 6) is -0.744. The molecule has 9 nitrogen and oxygen atoms in total. The number of nitrogen functional groups attached to an aromatic ring is 1. The molecule has 0 saturated heterocycles. The van der Waals surface area contributed by atoms with Gasteiger partial charge in [0.05, 0.1) is 12.4 Å². The highest BCUT2D eigenvalue weighted by Crippen LogP contribution is 2.18. The van der Waals surface area contributed by atoms with E-state index in [-0.39, 0.29) is 29.6 Å². The standard InChI is InChI=1S/C12H14N6O3S2/c1-3-21-10(20)7-4-14-11(16-9(7)13)22-5-8(19)15-12-18-17-6(2)23-12/h4H,3,5H2,1-2H3,(H2,13,14,16)(H,15,18,19). The maximum Gasteiger partial charge on any atom is 0.343 e. The van der Waals surface area contributed by atoms with E-state index in [9.17, 15) is 9.59 Å². The second-order valence-electron chi connectivity index (χ2n) is 4.14. The highest BCUT2D eigenvalue weighted by atomic mass is 32.2. The number of amides is 1. The van der Waals surface area contributed by atoms with E-state index < -0.39 is 5.97 Å². The number of nitrogens with two attached hydrogens (primary N) is 1. The summed E-state index contributed by atoms with van der Waals surface area (Å²) >= 11 is 2.38. The number of esters is 1. The van der Waals surface area contributed by atoms with E-state index in [1.54, 1.807) is 13.8 Å². The van der Waals surface area contributed by atoms with Crippen molar-refractivity contribution in [3.63, 3.8) is 0 Å². The second-order valence-corrected chi connectivity index (χ2v) is 6.26. The first kappa shape index (κ1) is 17.1. The molecule has 1 amide bonds. The van der Waals surface area contributed by atoms with Crippen LogP contribution in [0.1, 0.15) is 22.3 Å². The fourth-order valence-electron chi connectivity index (χ4n) is 1.45. The summed E-state index contributed by atoms with van der Waals surface area (Å²) < 4.78 is 4.83. The zero-order chi connectivity index (χ0) is 16.8. The molecule has 0 bridgehead atoms. The normalized spacial score (nSPS) is 10.3. The van der Waals surface area contributed by atoms with Crippen LogP contribution < -0.4 is 11.1 Å². The Morgan fingerprint density at radius 2 is 2.22 bits per heavy atom.